The Balaban J connectivity index is 1.97. The molecule has 0 bridgehead atoms. The molecule has 1 unspecified atom stereocenters. The summed E-state index contributed by atoms with van der Waals surface area (Å²) in [6.45, 7) is 6.47. The molecular formula is C20H25F2N5O3. The molecular weight excluding hydrogens is 396 g/mol. The standard InChI is InChI=1S/C20H25F2N5O3/c1-4-15(23-18(28)9-12-7-13(21)10-14(22)8-12)19(29)24-17-11-16(25-26-17)20(30)27(5-2)6-3/h7-8,10-11,15H,4-6,9H2,1-3H3,(H,23,28)(H2,24,25,26,29). The highest BCUT2D eigenvalue weighted by molar-refractivity contribution is 5.98. The number of rotatable bonds is 9. The van der Waals surface area contributed by atoms with E-state index >= 15 is 0 Å². The predicted octanol–water partition coefficient (Wildman–Crippen LogP) is 2.25. The Labute approximate surface area is 173 Å². The lowest BCUT2D eigenvalue weighted by atomic mass is 10.1. The number of carbonyl (C=O) groups excluding carboxylic acids is 3. The largest absolute Gasteiger partial charge is 0.344 e. The van der Waals surface area contributed by atoms with Crippen molar-refractivity contribution in [3.05, 3.63) is 47.2 Å². The van der Waals surface area contributed by atoms with Gasteiger partial charge in [-0.05, 0) is 38.0 Å². The molecule has 162 valence electrons. The maximum atomic E-state index is 13.3. The van der Waals surface area contributed by atoms with Gasteiger partial charge in [0.1, 0.15) is 23.5 Å². The maximum absolute atomic E-state index is 13.3. The van der Waals surface area contributed by atoms with Crippen molar-refractivity contribution in [1.82, 2.24) is 20.4 Å². The second-order valence-electron chi connectivity index (χ2n) is 6.62. The number of nitrogens with zero attached hydrogens (tertiary/aromatic N) is 2. The van der Waals surface area contributed by atoms with Gasteiger partial charge in [-0.15, -0.1) is 0 Å². The molecule has 3 amide bonds. The van der Waals surface area contributed by atoms with Gasteiger partial charge in [-0.3, -0.25) is 19.5 Å². The molecule has 2 aromatic rings. The minimum absolute atomic E-state index is 0.161. The fourth-order valence-electron chi connectivity index (χ4n) is 2.88. The molecule has 0 saturated heterocycles. The second kappa shape index (κ2) is 10.5. The lowest BCUT2D eigenvalue weighted by molar-refractivity contribution is -0.126. The molecule has 3 N–H and O–H groups in total. The zero-order valence-electron chi connectivity index (χ0n) is 17.1. The van der Waals surface area contributed by atoms with E-state index in [0.29, 0.717) is 19.2 Å². The van der Waals surface area contributed by atoms with Crippen molar-refractivity contribution >= 4 is 23.5 Å². The van der Waals surface area contributed by atoms with E-state index in [1.165, 1.54) is 6.07 Å². The van der Waals surface area contributed by atoms with E-state index < -0.39 is 29.5 Å². The van der Waals surface area contributed by atoms with Crippen molar-refractivity contribution in [1.29, 1.82) is 0 Å². The Kier molecular flexibility index (Phi) is 8.02. The average Bonchev–Trinajstić information content (AvgIpc) is 3.14. The molecule has 1 atom stereocenters. The summed E-state index contributed by atoms with van der Waals surface area (Å²) in [5, 5.41) is 11.6. The number of anilines is 1. The molecule has 0 aliphatic carbocycles. The summed E-state index contributed by atoms with van der Waals surface area (Å²) >= 11 is 0. The van der Waals surface area contributed by atoms with Crippen LogP contribution in [0.15, 0.2) is 24.3 Å². The van der Waals surface area contributed by atoms with E-state index in [4.69, 9.17) is 0 Å². The van der Waals surface area contributed by atoms with Crippen LogP contribution in [0.2, 0.25) is 0 Å². The van der Waals surface area contributed by atoms with Crippen LogP contribution in [-0.2, 0) is 16.0 Å². The van der Waals surface area contributed by atoms with Gasteiger partial charge in [-0.25, -0.2) is 8.78 Å². The highest BCUT2D eigenvalue weighted by Gasteiger charge is 2.21. The molecule has 0 saturated carbocycles. The minimum atomic E-state index is -0.874. The van der Waals surface area contributed by atoms with Gasteiger partial charge in [-0.1, -0.05) is 6.92 Å². The molecule has 0 radical (unpaired) electrons. The van der Waals surface area contributed by atoms with Gasteiger partial charge in [0.25, 0.3) is 5.91 Å². The lowest BCUT2D eigenvalue weighted by Crippen LogP contribution is -2.44. The summed E-state index contributed by atoms with van der Waals surface area (Å²) in [4.78, 5) is 38.5. The van der Waals surface area contributed by atoms with Gasteiger partial charge in [0.15, 0.2) is 5.69 Å². The van der Waals surface area contributed by atoms with E-state index in [1.54, 1.807) is 11.8 Å². The van der Waals surface area contributed by atoms with Gasteiger partial charge in [0.2, 0.25) is 11.8 Å². The number of H-pyrrole nitrogens is 1. The van der Waals surface area contributed by atoms with Gasteiger partial charge >= 0.3 is 0 Å². The van der Waals surface area contributed by atoms with Gasteiger partial charge in [-0.2, -0.15) is 5.10 Å². The van der Waals surface area contributed by atoms with Gasteiger partial charge < -0.3 is 15.5 Å². The topological polar surface area (TPSA) is 107 Å². The average molecular weight is 421 g/mol. The highest BCUT2D eigenvalue weighted by Crippen LogP contribution is 2.11. The summed E-state index contributed by atoms with van der Waals surface area (Å²) < 4.78 is 26.5. The fraction of sp³-hybridized carbons (Fsp3) is 0.400. The van der Waals surface area contributed by atoms with Crippen molar-refractivity contribution in [2.24, 2.45) is 0 Å². The third-order valence-corrected chi connectivity index (χ3v) is 4.45. The Hall–Kier alpha value is -3.30. The molecule has 0 fully saturated rings. The molecule has 10 heteroatoms. The number of aromatic nitrogens is 2. The number of hydrogen-bond acceptors (Lipinski definition) is 4. The van der Waals surface area contributed by atoms with Crippen molar-refractivity contribution in [3.63, 3.8) is 0 Å². The summed E-state index contributed by atoms with van der Waals surface area (Å²) in [6, 6.07) is 3.38. The molecule has 1 heterocycles. The van der Waals surface area contributed by atoms with Crippen LogP contribution in [-0.4, -0.2) is 52.0 Å². The number of hydrogen-bond donors (Lipinski definition) is 3. The summed E-state index contributed by atoms with van der Waals surface area (Å²) in [7, 11) is 0. The third kappa shape index (κ3) is 6.10. The number of benzene rings is 1. The first-order valence-electron chi connectivity index (χ1n) is 9.67. The first-order valence-corrected chi connectivity index (χ1v) is 9.67. The zero-order chi connectivity index (χ0) is 22.3. The fourth-order valence-corrected chi connectivity index (χ4v) is 2.88. The maximum Gasteiger partial charge on any atom is 0.274 e. The summed E-state index contributed by atoms with van der Waals surface area (Å²) in [5.41, 5.74) is 0.326. The van der Waals surface area contributed by atoms with Crippen LogP contribution in [0, 0.1) is 11.6 Å². The van der Waals surface area contributed by atoms with Crippen LogP contribution >= 0.6 is 0 Å². The molecule has 0 spiro atoms. The zero-order valence-corrected chi connectivity index (χ0v) is 17.1. The highest BCUT2D eigenvalue weighted by atomic mass is 19.1. The van der Waals surface area contributed by atoms with Crippen molar-refractivity contribution in [2.45, 2.75) is 39.7 Å². The van der Waals surface area contributed by atoms with E-state index in [1.807, 2.05) is 13.8 Å². The normalized spacial score (nSPS) is 11.6. The molecule has 0 aliphatic rings. The number of halogens is 2. The smallest absolute Gasteiger partial charge is 0.274 e. The summed E-state index contributed by atoms with van der Waals surface area (Å²) in [5.74, 6) is -2.67. The van der Waals surface area contributed by atoms with Crippen LogP contribution in [0.1, 0.15) is 43.2 Å². The van der Waals surface area contributed by atoms with Crippen LogP contribution in [0.3, 0.4) is 0 Å². The van der Waals surface area contributed by atoms with E-state index in [-0.39, 0.29) is 35.8 Å². The molecule has 8 nitrogen and oxygen atoms in total. The van der Waals surface area contributed by atoms with E-state index in [0.717, 1.165) is 12.1 Å². The van der Waals surface area contributed by atoms with Crippen LogP contribution in [0.4, 0.5) is 14.6 Å². The molecule has 2 rings (SSSR count). The first-order chi connectivity index (χ1) is 14.3. The Morgan fingerprint density at radius 2 is 1.70 bits per heavy atom. The molecule has 1 aromatic carbocycles. The van der Waals surface area contributed by atoms with Crippen molar-refractivity contribution in [2.75, 3.05) is 18.4 Å². The van der Waals surface area contributed by atoms with Crippen LogP contribution < -0.4 is 10.6 Å². The minimum Gasteiger partial charge on any atom is -0.344 e. The Morgan fingerprint density at radius 1 is 1.07 bits per heavy atom. The van der Waals surface area contributed by atoms with Gasteiger partial charge in [0, 0.05) is 25.2 Å². The number of amides is 3. The number of aromatic amines is 1. The van der Waals surface area contributed by atoms with Crippen LogP contribution in [0.25, 0.3) is 0 Å². The molecule has 1 aromatic heterocycles. The molecule has 0 aliphatic heterocycles. The number of carbonyl (C=O) groups is 3. The van der Waals surface area contributed by atoms with E-state index in [9.17, 15) is 23.2 Å². The summed E-state index contributed by atoms with van der Waals surface area (Å²) in [6.07, 6.45) is 0.0134. The van der Waals surface area contributed by atoms with Crippen molar-refractivity contribution in [3.8, 4) is 0 Å². The first kappa shape index (κ1) is 23.0. The quantitative estimate of drug-likeness (QED) is 0.577. The monoisotopic (exact) mass is 421 g/mol. The van der Waals surface area contributed by atoms with Gasteiger partial charge in [0.05, 0.1) is 6.42 Å². The Morgan fingerprint density at radius 3 is 2.27 bits per heavy atom. The second-order valence-corrected chi connectivity index (χ2v) is 6.62. The predicted molar refractivity (Wildman–Crippen MR) is 107 cm³/mol. The van der Waals surface area contributed by atoms with Crippen molar-refractivity contribution < 1.29 is 23.2 Å². The van der Waals surface area contributed by atoms with E-state index in [2.05, 4.69) is 20.8 Å². The number of nitrogens with one attached hydrogen (secondary N) is 3. The van der Waals surface area contributed by atoms with Crippen LogP contribution in [0.5, 0.6) is 0 Å². The SMILES string of the molecule is CCC(NC(=O)Cc1cc(F)cc(F)c1)C(=O)Nc1cc(C(=O)N(CC)CC)n[nH]1. The molecule has 30 heavy (non-hydrogen) atoms. The third-order valence-electron chi connectivity index (χ3n) is 4.45. The Bertz CT molecular complexity index is 891. The lowest BCUT2D eigenvalue weighted by Gasteiger charge is -2.17.